The van der Waals surface area contributed by atoms with Crippen molar-refractivity contribution in [2.45, 2.75) is 76.5 Å². The van der Waals surface area contributed by atoms with Crippen LogP contribution < -0.4 is 5.32 Å². The Labute approximate surface area is 175 Å². The van der Waals surface area contributed by atoms with E-state index in [1.807, 2.05) is 0 Å². The Morgan fingerprint density at radius 2 is 1.59 bits per heavy atom. The van der Waals surface area contributed by atoms with Gasteiger partial charge in [0.15, 0.2) is 0 Å². The van der Waals surface area contributed by atoms with Gasteiger partial charge in [0.1, 0.15) is 0 Å². The molecule has 2 heterocycles. The molecule has 1 aliphatic carbocycles. The van der Waals surface area contributed by atoms with Crippen molar-refractivity contribution in [3.63, 3.8) is 0 Å². The molecule has 0 aromatic heterocycles. The van der Waals surface area contributed by atoms with Crippen LogP contribution in [0, 0.1) is 11.8 Å². The molecule has 2 saturated heterocycles. The molecule has 4 heteroatoms. The van der Waals surface area contributed by atoms with Crippen LogP contribution in [-0.2, 0) is 16.0 Å². The lowest BCUT2D eigenvalue weighted by molar-refractivity contribution is -0.134. The van der Waals surface area contributed by atoms with E-state index >= 15 is 0 Å². The molecule has 1 aromatic carbocycles. The predicted octanol–water partition coefficient (Wildman–Crippen LogP) is 4.43. The summed E-state index contributed by atoms with van der Waals surface area (Å²) < 4.78 is 0. The number of amides is 2. The zero-order valence-electron chi connectivity index (χ0n) is 17.7. The number of hydrogen-bond donors (Lipinski definition) is 1. The second kappa shape index (κ2) is 9.88. The van der Waals surface area contributed by atoms with Crippen LogP contribution in [0.15, 0.2) is 24.3 Å². The third-order valence-electron chi connectivity index (χ3n) is 7.41. The standard InChI is InChI=1S/C25H36N2O2/c28-24-13-12-23(25(29)26-24)22-10-8-19(9-11-22)6-7-20-14-16-27(17-15-20)18-21-4-2-1-3-5-21/h8-11,20-21,23H,1-7,12-18H2,(H,26,28,29). The maximum Gasteiger partial charge on any atom is 0.234 e. The lowest BCUT2D eigenvalue weighted by atomic mass is 9.86. The first-order valence-corrected chi connectivity index (χ1v) is 11.8. The molecular formula is C25H36N2O2. The van der Waals surface area contributed by atoms with Crippen molar-refractivity contribution in [3.8, 4) is 0 Å². The van der Waals surface area contributed by atoms with Crippen LogP contribution in [0.2, 0.25) is 0 Å². The molecular weight excluding hydrogens is 360 g/mol. The minimum absolute atomic E-state index is 0.144. The number of nitrogens with one attached hydrogen (secondary N) is 1. The average Bonchev–Trinajstić information content (AvgIpc) is 2.75. The first kappa shape index (κ1) is 20.6. The van der Waals surface area contributed by atoms with Crippen LogP contribution in [0.4, 0.5) is 0 Å². The van der Waals surface area contributed by atoms with Crippen LogP contribution in [-0.4, -0.2) is 36.3 Å². The summed E-state index contributed by atoms with van der Waals surface area (Å²) in [6.45, 7) is 3.92. The Kier molecular flexibility index (Phi) is 7.02. The quantitative estimate of drug-likeness (QED) is 0.724. The number of hydrogen-bond acceptors (Lipinski definition) is 3. The van der Waals surface area contributed by atoms with Gasteiger partial charge in [-0.05, 0) is 81.0 Å². The van der Waals surface area contributed by atoms with Gasteiger partial charge in [-0.15, -0.1) is 0 Å². The molecule has 2 aliphatic heterocycles. The number of imide groups is 1. The van der Waals surface area contributed by atoms with Crippen molar-refractivity contribution in [1.29, 1.82) is 0 Å². The average molecular weight is 397 g/mol. The minimum atomic E-state index is -0.171. The van der Waals surface area contributed by atoms with Crippen molar-refractivity contribution in [2.24, 2.45) is 11.8 Å². The van der Waals surface area contributed by atoms with Crippen LogP contribution >= 0.6 is 0 Å². The number of likely N-dealkylation sites (tertiary alicyclic amines) is 1. The van der Waals surface area contributed by atoms with E-state index in [-0.39, 0.29) is 17.7 Å². The Morgan fingerprint density at radius 1 is 0.862 bits per heavy atom. The van der Waals surface area contributed by atoms with Crippen LogP contribution in [0.25, 0.3) is 0 Å². The zero-order valence-corrected chi connectivity index (χ0v) is 17.7. The normalized spacial score (nSPS) is 25.2. The summed E-state index contributed by atoms with van der Waals surface area (Å²) in [6, 6.07) is 8.53. The maximum atomic E-state index is 12.0. The highest BCUT2D eigenvalue weighted by Crippen LogP contribution is 2.29. The fourth-order valence-electron chi connectivity index (χ4n) is 5.49. The van der Waals surface area contributed by atoms with Crippen LogP contribution in [0.1, 0.15) is 81.3 Å². The van der Waals surface area contributed by atoms with E-state index in [2.05, 4.69) is 34.5 Å². The smallest absolute Gasteiger partial charge is 0.234 e. The molecule has 29 heavy (non-hydrogen) atoms. The molecule has 1 saturated carbocycles. The van der Waals surface area contributed by atoms with Crippen molar-refractivity contribution in [1.82, 2.24) is 10.2 Å². The Morgan fingerprint density at radius 3 is 2.28 bits per heavy atom. The SMILES string of the molecule is O=C1CCC(c2ccc(CCC3CCN(CC4CCCCC4)CC3)cc2)C(=O)N1. The van der Waals surface area contributed by atoms with Crippen molar-refractivity contribution in [3.05, 3.63) is 35.4 Å². The van der Waals surface area contributed by atoms with Gasteiger partial charge in [0.25, 0.3) is 0 Å². The fraction of sp³-hybridized carbons (Fsp3) is 0.680. The van der Waals surface area contributed by atoms with E-state index < -0.39 is 0 Å². The summed E-state index contributed by atoms with van der Waals surface area (Å²) in [6.07, 6.45) is 13.4. The molecule has 3 aliphatic rings. The minimum Gasteiger partial charge on any atom is -0.303 e. The van der Waals surface area contributed by atoms with E-state index in [0.29, 0.717) is 12.8 Å². The largest absolute Gasteiger partial charge is 0.303 e. The van der Waals surface area contributed by atoms with Gasteiger partial charge in [0.2, 0.25) is 11.8 Å². The molecule has 0 bridgehead atoms. The first-order valence-electron chi connectivity index (χ1n) is 11.8. The van der Waals surface area contributed by atoms with Crippen molar-refractivity contribution in [2.75, 3.05) is 19.6 Å². The summed E-state index contributed by atoms with van der Waals surface area (Å²) >= 11 is 0. The Balaban J connectivity index is 1.19. The third-order valence-corrected chi connectivity index (χ3v) is 7.41. The van der Waals surface area contributed by atoms with E-state index in [1.54, 1.807) is 0 Å². The second-order valence-corrected chi connectivity index (χ2v) is 9.53. The number of rotatable bonds is 6. The monoisotopic (exact) mass is 396 g/mol. The highest BCUT2D eigenvalue weighted by Gasteiger charge is 2.28. The third kappa shape index (κ3) is 5.69. The van der Waals surface area contributed by atoms with Gasteiger partial charge in [-0.1, -0.05) is 43.5 Å². The lowest BCUT2D eigenvalue weighted by Gasteiger charge is -2.35. The number of benzene rings is 1. The molecule has 4 nitrogen and oxygen atoms in total. The molecule has 1 unspecified atom stereocenters. The number of carbonyl (C=O) groups excluding carboxylic acids is 2. The number of nitrogens with zero attached hydrogens (tertiary/aromatic N) is 1. The summed E-state index contributed by atoms with van der Waals surface area (Å²) in [4.78, 5) is 26.1. The maximum absolute atomic E-state index is 12.0. The van der Waals surface area contributed by atoms with E-state index in [4.69, 9.17) is 0 Å². The van der Waals surface area contributed by atoms with E-state index in [9.17, 15) is 9.59 Å². The van der Waals surface area contributed by atoms with E-state index in [0.717, 1.165) is 23.8 Å². The Hall–Kier alpha value is -1.68. The van der Waals surface area contributed by atoms with Gasteiger partial charge in [-0.2, -0.15) is 0 Å². The van der Waals surface area contributed by atoms with E-state index in [1.165, 1.54) is 76.6 Å². The highest BCUT2D eigenvalue weighted by molar-refractivity contribution is 6.00. The van der Waals surface area contributed by atoms with Crippen molar-refractivity contribution >= 4 is 11.8 Å². The lowest BCUT2D eigenvalue weighted by Crippen LogP contribution is -2.39. The molecule has 4 rings (SSSR count). The number of piperidine rings is 2. The van der Waals surface area contributed by atoms with Crippen LogP contribution in [0.5, 0.6) is 0 Å². The molecule has 0 spiro atoms. The topological polar surface area (TPSA) is 49.4 Å². The predicted molar refractivity (Wildman–Crippen MR) is 116 cm³/mol. The molecule has 2 amide bonds. The van der Waals surface area contributed by atoms with Crippen molar-refractivity contribution < 1.29 is 9.59 Å². The van der Waals surface area contributed by atoms with Gasteiger partial charge in [0.05, 0.1) is 5.92 Å². The Bertz CT molecular complexity index is 685. The van der Waals surface area contributed by atoms with Gasteiger partial charge < -0.3 is 4.90 Å². The van der Waals surface area contributed by atoms with Gasteiger partial charge in [-0.25, -0.2) is 0 Å². The van der Waals surface area contributed by atoms with Crippen LogP contribution in [0.3, 0.4) is 0 Å². The molecule has 0 radical (unpaired) electrons. The molecule has 1 atom stereocenters. The molecule has 1 aromatic rings. The van der Waals surface area contributed by atoms with Gasteiger partial charge in [-0.3, -0.25) is 14.9 Å². The molecule has 3 fully saturated rings. The molecule has 158 valence electrons. The molecule has 1 N–H and O–H groups in total. The summed E-state index contributed by atoms with van der Waals surface area (Å²) in [5.41, 5.74) is 2.40. The van der Waals surface area contributed by atoms with Gasteiger partial charge >= 0.3 is 0 Å². The summed E-state index contributed by atoms with van der Waals surface area (Å²) in [5.74, 6) is 1.35. The highest BCUT2D eigenvalue weighted by atomic mass is 16.2. The summed E-state index contributed by atoms with van der Waals surface area (Å²) in [7, 11) is 0. The second-order valence-electron chi connectivity index (χ2n) is 9.53. The number of carbonyl (C=O) groups is 2. The summed E-state index contributed by atoms with van der Waals surface area (Å²) in [5, 5.41) is 2.46. The first-order chi connectivity index (χ1) is 14.2. The fourth-order valence-corrected chi connectivity index (χ4v) is 5.49. The zero-order chi connectivity index (χ0) is 20.1. The van der Waals surface area contributed by atoms with Gasteiger partial charge in [0, 0.05) is 13.0 Å². The number of aryl methyl sites for hydroxylation is 1.